The topological polar surface area (TPSA) is 110 Å². The van der Waals surface area contributed by atoms with Gasteiger partial charge in [-0.1, -0.05) is 17.7 Å². The molecule has 0 atom stereocenters. The number of aromatic carboxylic acids is 1. The van der Waals surface area contributed by atoms with E-state index in [1.807, 2.05) is 0 Å². The average Bonchev–Trinajstić information content (AvgIpc) is 2.40. The molecular formula is C13H18ClN3O3. The number of benzene rings is 1. The number of amides is 2. The van der Waals surface area contributed by atoms with Crippen molar-refractivity contribution >= 4 is 29.3 Å². The van der Waals surface area contributed by atoms with E-state index < -0.39 is 5.97 Å². The largest absolute Gasteiger partial charge is 0.478 e. The molecule has 20 heavy (non-hydrogen) atoms. The van der Waals surface area contributed by atoms with E-state index >= 15 is 0 Å². The Morgan fingerprint density at radius 3 is 2.15 bits per heavy atom. The highest BCUT2D eigenvalue weighted by Gasteiger charge is 2.12. The molecule has 1 aliphatic rings. The number of nitrogen functional groups attached to an aromatic ring is 1. The number of nitrogens with two attached hydrogens (primary N) is 2. The number of likely N-dealkylation sites (tertiary alicyclic amines) is 1. The van der Waals surface area contributed by atoms with E-state index in [0.717, 1.165) is 25.9 Å². The molecule has 1 aromatic carbocycles. The van der Waals surface area contributed by atoms with E-state index in [2.05, 4.69) is 0 Å². The summed E-state index contributed by atoms with van der Waals surface area (Å²) in [6.07, 6.45) is 3.47. The van der Waals surface area contributed by atoms with E-state index in [1.165, 1.54) is 18.6 Å². The van der Waals surface area contributed by atoms with Gasteiger partial charge >= 0.3 is 12.0 Å². The first-order valence-electron chi connectivity index (χ1n) is 6.25. The number of hydrogen-bond acceptors (Lipinski definition) is 3. The zero-order chi connectivity index (χ0) is 15.1. The Morgan fingerprint density at radius 2 is 1.80 bits per heavy atom. The molecule has 5 N–H and O–H groups in total. The quantitative estimate of drug-likeness (QED) is 0.690. The molecule has 1 aliphatic heterocycles. The molecular weight excluding hydrogens is 282 g/mol. The van der Waals surface area contributed by atoms with E-state index in [-0.39, 0.29) is 22.3 Å². The van der Waals surface area contributed by atoms with Gasteiger partial charge in [-0.2, -0.15) is 0 Å². The molecule has 0 unspecified atom stereocenters. The average molecular weight is 300 g/mol. The third-order valence-electron chi connectivity index (χ3n) is 2.93. The van der Waals surface area contributed by atoms with Crippen LogP contribution >= 0.6 is 11.6 Å². The predicted molar refractivity (Wildman–Crippen MR) is 77.8 cm³/mol. The molecule has 110 valence electrons. The van der Waals surface area contributed by atoms with Gasteiger partial charge in [-0.15, -0.1) is 0 Å². The Labute approximate surface area is 122 Å². The number of nitrogens with zero attached hydrogens (tertiary/aromatic N) is 1. The van der Waals surface area contributed by atoms with Gasteiger partial charge in [-0.25, -0.2) is 9.59 Å². The number of hydrogen-bond donors (Lipinski definition) is 3. The maximum absolute atomic E-state index is 10.5. The van der Waals surface area contributed by atoms with Crippen LogP contribution in [-0.2, 0) is 0 Å². The first kappa shape index (κ1) is 16.1. The number of rotatable bonds is 1. The third-order valence-corrected chi connectivity index (χ3v) is 3.24. The summed E-state index contributed by atoms with van der Waals surface area (Å²) in [6, 6.07) is 4.32. The second-order valence-electron chi connectivity index (χ2n) is 4.40. The monoisotopic (exact) mass is 299 g/mol. The molecule has 0 aromatic heterocycles. The number of carboxylic acids is 1. The van der Waals surface area contributed by atoms with Crippen LogP contribution in [0.15, 0.2) is 18.2 Å². The number of carbonyl (C=O) groups excluding carboxylic acids is 1. The summed E-state index contributed by atoms with van der Waals surface area (Å²) in [6.45, 7) is 1.71. The number of halogens is 1. The van der Waals surface area contributed by atoms with E-state index in [0.29, 0.717) is 0 Å². The Hall–Kier alpha value is -1.95. The van der Waals surface area contributed by atoms with Crippen LogP contribution in [0.3, 0.4) is 0 Å². The fourth-order valence-corrected chi connectivity index (χ4v) is 2.14. The van der Waals surface area contributed by atoms with Crippen molar-refractivity contribution in [2.75, 3.05) is 18.8 Å². The highest BCUT2D eigenvalue weighted by atomic mass is 35.5. The summed E-state index contributed by atoms with van der Waals surface area (Å²) in [4.78, 5) is 22.7. The van der Waals surface area contributed by atoms with Crippen LogP contribution < -0.4 is 11.5 Å². The molecule has 7 heteroatoms. The Morgan fingerprint density at radius 1 is 1.20 bits per heavy atom. The molecule has 6 nitrogen and oxygen atoms in total. The van der Waals surface area contributed by atoms with Gasteiger partial charge in [0.15, 0.2) is 0 Å². The highest BCUT2D eigenvalue weighted by Crippen LogP contribution is 2.21. The van der Waals surface area contributed by atoms with Gasteiger partial charge in [-0.3, -0.25) is 0 Å². The van der Waals surface area contributed by atoms with Crippen LogP contribution in [0.2, 0.25) is 5.02 Å². The van der Waals surface area contributed by atoms with Crippen LogP contribution in [0.1, 0.15) is 29.6 Å². The molecule has 1 saturated heterocycles. The van der Waals surface area contributed by atoms with Gasteiger partial charge in [0.2, 0.25) is 0 Å². The maximum atomic E-state index is 10.5. The van der Waals surface area contributed by atoms with E-state index in [9.17, 15) is 9.59 Å². The van der Waals surface area contributed by atoms with Crippen molar-refractivity contribution in [1.29, 1.82) is 0 Å². The first-order chi connectivity index (χ1) is 9.43. The lowest BCUT2D eigenvalue weighted by Crippen LogP contribution is -2.39. The molecule has 0 saturated carbocycles. The summed E-state index contributed by atoms with van der Waals surface area (Å²) in [5, 5.41) is 8.75. The fraction of sp³-hybridized carbons (Fsp3) is 0.385. The number of carboxylic acid groups (broad SMARTS) is 1. The van der Waals surface area contributed by atoms with E-state index in [1.54, 1.807) is 11.0 Å². The summed E-state index contributed by atoms with van der Waals surface area (Å²) >= 11 is 5.56. The number of primary amides is 1. The van der Waals surface area contributed by atoms with Gasteiger partial charge in [0, 0.05) is 18.8 Å². The SMILES string of the molecule is NC(=O)N1CCCCC1.Nc1cccc(Cl)c1C(=O)O. The molecule has 0 spiro atoms. The third kappa shape index (κ3) is 4.62. The Bertz CT molecular complexity index is 467. The number of urea groups is 1. The lowest BCUT2D eigenvalue weighted by Gasteiger charge is -2.24. The van der Waals surface area contributed by atoms with Crippen LogP contribution in [0.4, 0.5) is 10.5 Å². The second-order valence-corrected chi connectivity index (χ2v) is 4.80. The minimum atomic E-state index is -1.10. The van der Waals surface area contributed by atoms with Crippen LogP contribution in [-0.4, -0.2) is 35.1 Å². The van der Waals surface area contributed by atoms with Crippen molar-refractivity contribution in [2.24, 2.45) is 5.73 Å². The highest BCUT2D eigenvalue weighted by molar-refractivity contribution is 6.34. The molecule has 1 aromatic rings. The molecule has 2 amide bonds. The van der Waals surface area contributed by atoms with Gasteiger partial charge in [0.1, 0.15) is 5.56 Å². The minimum Gasteiger partial charge on any atom is -0.478 e. The predicted octanol–water partition coefficient (Wildman–Crippen LogP) is 2.17. The lowest BCUT2D eigenvalue weighted by atomic mass is 10.1. The lowest BCUT2D eigenvalue weighted by molar-refractivity contribution is 0.0698. The zero-order valence-corrected chi connectivity index (χ0v) is 11.8. The smallest absolute Gasteiger partial charge is 0.339 e. The first-order valence-corrected chi connectivity index (χ1v) is 6.63. The van der Waals surface area contributed by atoms with Crippen molar-refractivity contribution < 1.29 is 14.7 Å². The zero-order valence-electron chi connectivity index (χ0n) is 11.0. The Kier molecular flexibility index (Phi) is 6.11. The molecule has 0 bridgehead atoms. The van der Waals surface area contributed by atoms with E-state index in [4.69, 9.17) is 28.2 Å². The van der Waals surface area contributed by atoms with Crippen LogP contribution in [0.5, 0.6) is 0 Å². The fourth-order valence-electron chi connectivity index (χ4n) is 1.88. The van der Waals surface area contributed by atoms with Gasteiger partial charge < -0.3 is 21.5 Å². The normalized spacial score (nSPS) is 14.2. The summed E-state index contributed by atoms with van der Waals surface area (Å²) in [7, 11) is 0. The summed E-state index contributed by atoms with van der Waals surface area (Å²) < 4.78 is 0. The molecule has 0 aliphatic carbocycles. The molecule has 1 heterocycles. The van der Waals surface area contributed by atoms with Gasteiger partial charge in [-0.05, 0) is 31.4 Å². The maximum Gasteiger partial charge on any atom is 0.339 e. The summed E-state index contributed by atoms with van der Waals surface area (Å²) in [5.74, 6) is -1.10. The Balaban J connectivity index is 0.000000204. The van der Waals surface area contributed by atoms with Crippen LogP contribution in [0.25, 0.3) is 0 Å². The van der Waals surface area contributed by atoms with Gasteiger partial charge in [0.25, 0.3) is 0 Å². The van der Waals surface area contributed by atoms with Gasteiger partial charge in [0.05, 0.1) is 5.02 Å². The molecule has 1 fully saturated rings. The molecule has 2 rings (SSSR count). The van der Waals surface area contributed by atoms with Crippen molar-refractivity contribution in [3.05, 3.63) is 28.8 Å². The minimum absolute atomic E-state index is 0.0332. The summed E-state index contributed by atoms with van der Waals surface area (Å²) in [5.41, 5.74) is 10.6. The standard InChI is InChI=1S/C7H6ClNO2.C6H12N2O/c8-4-2-1-3-5(9)6(4)7(10)11;7-6(9)8-4-2-1-3-5-8/h1-3H,9H2,(H,10,11);1-5H2,(H2,7,9). The molecule has 0 radical (unpaired) electrons. The van der Waals surface area contributed by atoms with Crippen molar-refractivity contribution in [1.82, 2.24) is 4.90 Å². The second kappa shape index (κ2) is 7.59. The number of carbonyl (C=O) groups is 2. The van der Waals surface area contributed by atoms with Crippen molar-refractivity contribution in [3.8, 4) is 0 Å². The number of piperidine rings is 1. The van der Waals surface area contributed by atoms with Crippen molar-refractivity contribution in [2.45, 2.75) is 19.3 Å². The number of anilines is 1. The van der Waals surface area contributed by atoms with Crippen LogP contribution in [0, 0.1) is 0 Å². The van der Waals surface area contributed by atoms with Crippen molar-refractivity contribution in [3.63, 3.8) is 0 Å².